The number of carbonyl (C=O) groups excluding carboxylic acids is 4. The Morgan fingerprint density at radius 1 is 0.415 bits per heavy atom. The second-order valence-corrected chi connectivity index (χ2v) is 39.5. The van der Waals surface area contributed by atoms with E-state index < -0.39 is 35.8 Å². The molecule has 0 radical (unpaired) electrons. The first-order valence-corrected chi connectivity index (χ1v) is 51.5. The summed E-state index contributed by atoms with van der Waals surface area (Å²) in [5.74, 6) is 4.46. The Labute approximate surface area is 996 Å². The molecule has 12 aliphatic heterocycles. The van der Waals surface area contributed by atoms with E-state index in [1.165, 1.54) is 68.9 Å². The number of aliphatic carboxylic acids is 2. The van der Waals surface area contributed by atoms with Crippen LogP contribution in [0, 0.1) is 44.4 Å². The number of hydrogen-bond donors (Lipinski definition) is 11. The van der Waals surface area contributed by atoms with Crippen LogP contribution in [0.4, 0.5) is 0 Å². The van der Waals surface area contributed by atoms with Gasteiger partial charge in [-0.1, -0.05) is 120 Å². The van der Waals surface area contributed by atoms with Crippen LogP contribution in [0.15, 0.2) is 231 Å². The van der Waals surface area contributed by atoms with Gasteiger partial charge in [-0.15, -0.1) is 0 Å². The fraction of sp³-hybridized carbons (Fsp3) is 0.474. The average molecular weight is 2070 g/mol. The minimum Gasteiger partial charge on any atom is -0.629 e. The Hall–Kier alpha value is -7.53. The van der Waals surface area contributed by atoms with E-state index >= 15 is 0 Å². The van der Waals surface area contributed by atoms with E-state index in [1.807, 2.05) is 45.9 Å². The number of aliphatic imine (C=N–C) groups is 6. The number of aromatic nitrogens is 4. The second kappa shape index (κ2) is 55.8. The fourth-order valence-corrected chi connectivity index (χ4v) is 21.6. The number of carboxylic acid groups (broad SMARTS) is 2. The molecule has 2 fully saturated rings. The third-order valence-electron chi connectivity index (χ3n) is 30.5. The molecule has 29 nitrogen and oxygen atoms in total. The zero-order valence-corrected chi connectivity index (χ0v) is 102. The first-order chi connectivity index (χ1) is 68.5. The zero-order chi connectivity index (χ0) is 103. The molecule has 13 N–H and O–H groups in total. The first-order valence-electron chi connectivity index (χ1n) is 51.5. The van der Waals surface area contributed by atoms with Crippen LogP contribution < -0.4 is 221 Å². The summed E-state index contributed by atoms with van der Waals surface area (Å²) in [7, 11) is 0. The number of allylic oxidation sites excluding steroid dienone is 23. The maximum absolute atomic E-state index is 13.2. The Bertz CT molecular complexity index is 6390. The number of hydrogen-bond acceptors (Lipinski definition) is 27. The van der Waals surface area contributed by atoms with E-state index in [-0.39, 0.29) is 228 Å². The van der Waals surface area contributed by atoms with Crippen LogP contribution in [0.25, 0.3) is 33.2 Å². The molecule has 0 unspecified atom stereocenters. The molecule has 24 bridgehead atoms. The monoisotopic (exact) mass is 2070 g/mol. The van der Waals surface area contributed by atoms with Crippen molar-refractivity contribution in [1.82, 2.24) is 46.5 Å². The van der Waals surface area contributed by atoms with E-state index in [0.717, 1.165) is 227 Å². The van der Waals surface area contributed by atoms with E-state index in [2.05, 4.69) is 182 Å². The summed E-state index contributed by atoms with van der Waals surface area (Å²) in [4.78, 5) is 106. The van der Waals surface area contributed by atoms with Crippen molar-refractivity contribution in [3.8, 4) is 0 Å². The molecule has 0 aromatic carbocycles. The van der Waals surface area contributed by atoms with E-state index in [9.17, 15) is 49.8 Å². The standard InChI is InChI=1S/C38H51N7O4.2C38H49N5O4.2K.2Na/c1-8-10-11-12-15-41-19-27-22(5)28-16-30-21(4)26(13-14-34(46)48-39)36(44-30)24(7)37-35(38(47)49-40)23(6)31(45-37)18-32-25(9-2)20(3)29(42-32)17-33(27)43-28;2*1-8-10-11-12-15-39-19-27-22(5)28-16-30-21(4)26(13-14-34(44)45)36(42-30)24(7)37-35(38(46)47)23(6)31(43-37)18-32-25(9-2)20(3)29(40-32)17-33(27)41-28;;;;/h16-18,21,26,41-42,45H,8-15,19,39-40H2,1-7H3;2*16-18,21,26,39,42,46-47H,8-15,19H2,1-7H3,(H,44,45);;;;/q;;;4*+1/p-4/t3*21-,26-;;;;/m000..../s1. The summed E-state index contributed by atoms with van der Waals surface area (Å²) >= 11 is 0. The molecule has 762 valence electrons. The van der Waals surface area contributed by atoms with Gasteiger partial charge < -0.3 is 86.5 Å². The molecule has 0 saturated carbocycles. The predicted molar refractivity (Wildman–Crippen MR) is 563 cm³/mol. The molecule has 15 rings (SSSR count). The number of nitrogens with two attached hydrogens (primary N) is 2. The molecule has 15 heterocycles. The molecule has 6 atom stereocenters. The van der Waals surface area contributed by atoms with Crippen molar-refractivity contribution in [2.75, 3.05) is 39.3 Å². The molecule has 33 heteroatoms. The number of aliphatic hydroxyl groups is 2. The zero-order valence-electron chi connectivity index (χ0n) is 91.5. The third-order valence-corrected chi connectivity index (χ3v) is 30.5. The molecular formula is C114H145K2N17Na2O12. The number of aliphatic hydroxyl groups excluding tert-OH is 2. The summed E-state index contributed by atoms with van der Waals surface area (Å²) < 4.78 is 0. The van der Waals surface area contributed by atoms with Crippen LogP contribution in [0.3, 0.4) is 0 Å². The number of rotatable bonds is 34. The predicted octanol–water partition coefficient (Wildman–Crippen LogP) is 5.62. The number of carboxylic acids is 2. The minimum absolute atomic E-state index is 0. The van der Waals surface area contributed by atoms with Crippen LogP contribution in [0.2, 0.25) is 0 Å². The largest absolute Gasteiger partial charge is 1.00 e. The first kappa shape index (κ1) is 123. The van der Waals surface area contributed by atoms with Crippen LogP contribution in [0.5, 0.6) is 0 Å². The molecule has 0 amide bonds. The number of H-pyrrole nitrogens is 2. The number of unbranched alkanes of at least 4 members (excludes halogenated alkanes) is 9. The van der Waals surface area contributed by atoms with Crippen molar-refractivity contribution >= 4 is 91.4 Å². The van der Waals surface area contributed by atoms with E-state index in [4.69, 9.17) is 56.6 Å². The van der Waals surface area contributed by atoms with Gasteiger partial charge in [-0.2, -0.15) is 11.8 Å². The average Bonchev–Trinajstić information content (AvgIpc) is 1.61. The van der Waals surface area contributed by atoms with Gasteiger partial charge in [0.25, 0.3) is 0 Å². The van der Waals surface area contributed by atoms with Crippen molar-refractivity contribution < 1.29 is 221 Å². The summed E-state index contributed by atoms with van der Waals surface area (Å²) in [6, 6.07) is 6.26. The van der Waals surface area contributed by atoms with Gasteiger partial charge in [-0.05, 0) is 328 Å². The van der Waals surface area contributed by atoms with Gasteiger partial charge in [0.15, 0.2) is 0 Å². The normalized spacial score (nSPS) is 20.4. The number of aromatic amines is 2. The number of carbonyl (C=O) groups is 4. The molecule has 12 aliphatic rings. The number of aryl methyl sites for hydroxylation is 4. The van der Waals surface area contributed by atoms with Gasteiger partial charge in [-0.3, -0.25) is 9.78 Å². The number of nitrogens with one attached hydrogen (secondary N) is 7. The molecule has 3 aromatic rings. The van der Waals surface area contributed by atoms with Gasteiger partial charge >= 0.3 is 174 Å². The summed E-state index contributed by atoms with van der Waals surface area (Å²) in [5.41, 5.74) is 36.7. The smallest absolute Gasteiger partial charge is 0.629 e. The van der Waals surface area contributed by atoms with Crippen LogP contribution in [0.1, 0.15) is 320 Å². The fourth-order valence-electron chi connectivity index (χ4n) is 21.6. The van der Waals surface area contributed by atoms with Crippen molar-refractivity contribution in [2.45, 2.75) is 292 Å². The molecular weight excluding hydrogens is 1920 g/mol. The Morgan fingerprint density at radius 3 is 1.24 bits per heavy atom. The summed E-state index contributed by atoms with van der Waals surface area (Å²) in [6.45, 7) is 47.9. The van der Waals surface area contributed by atoms with Crippen LogP contribution in [-0.4, -0.2) is 128 Å². The SMILES string of the molecule is CCCCCCNCC1=C(C)C2=NC1=CC1=NC(=CC3=C(C)C(=C([O-])O)C(=N3)C(C)=C3NC(=C2)[C@@H](C)[C@@H]3CCC(=O)[O-])C(CC)=C1C.CCCCCCNCC1=C(C)C2=NC1=CC1=NC(=CC3=C(C)C(=C([O-])O)C(=N3)C(C)=C3NC(=C2)[C@@H](C)[C@@H]3CCC(=O)[O-])C(CC)=C1C.CCCCCCNCC1=C(C)c2cc3nc(c(C)c4[nH]c(cc5[nH]c(cc1n2)c(C)c5CC)c(C)c4C(=O)ON)[C@@H](CCC(=O)ON)[C@@H]3C.[K+].[K+].[Na+].[Na+]. The quantitative estimate of drug-likeness (QED) is 0.0150. The topological polar surface area (TPSA) is 463 Å². The third kappa shape index (κ3) is 27.6. The molecule has 0 spiro atoms. The molecule has 147 heavy (non-hydrogen) atoms. The van der Waals surface area contributed by atoms with Gasteiger partial charge in [0, 0.05) is 135 Å². The summed E-state index contributed by atoms with van der Waals surface area (Å²) in [6.07, 6.45) is 29.8. The molecule has 3 aromatic heterocycles. The van der Waals surface area contributed by atoms with E-state index in [1.54, 1.807) is 13.8 Å². The summed E-state index contributed by atoms with van der Waals surface area (Å²) in [5, 5.41) is 87.2. The Kier molecular flexibility index (Phi) is 46.7. The van der Waals surface area contributed by atoms with Crippen LogP contribution >= 0.6 is 0 Å². The molecule has 0 aliphatic carbocycles. The number of nitrogens with zero attached hydrogens (tertiary/aromatic N) is 8. The van der Waals surface area contributed by atoms with Gasteiger partial charge in [-0.25, -0.2) is 39.7 Å². The van der Waals surface area contributed by atoms with Crippen molar-refractivity contribution in [1.29, 1.82) is 0 Å². The van der Waals surface area contributed by atoms with E-state index in [0.29, 0.717) is 101 Å². The maximum Gasteiger partial charge on any atom is 1.00 e. The Balaban J connectivity index is 0.000000242. The number of fused-ring (bicyclic) bond motifs is 18. The van der Waals surface area contributed by atoms with Crippen LogP contribution in [-0.2, 0) is 30.5 Å². The van der Waals surface area contributed by atoms with Gasteiger partial charge in [0.2, 0.25) is 0 Å². The molecule has 2 saturated heterocycles. The van der Waals surface area contributed by atoms with Crippen molar-refractivity contribution in [3.05, 3.63) is 252 Å². The maximum atomic E-state index is 13.2. The Morgan fingerprint density at radius 2 is 0.830 bits per heavy atom. The minimum atomic E-state index is -1.11. The van der Waals surface area contributed by atoms with Crippen molar-refractivity contribution in [3.63, 3.8) is 0 Å². The second-order valence-electron chi connectivity index (χ2n) is 39.5. The van der Waals surface area contributed by atoms with Gasteiger partial charge in [0.05, 0.1) is 103 Å². The van der Waals surface area contributed by atoms with Crippen molar-refractivity contribution in [2.24, 2.45) is 65.4 Å². The van der Waals surface area contributed by atoms with Gasteiger partial charge in [0.1, 0.15) is 0 Å².